The number of fused-ring (bicyclic) bond motifs is 3. The van der Waals surface area contributed by atoms with E-state index in [0.29, 0.717) is 11.5 Å². The third-order valence-electron chi connectivity index (χ3n) is 6.76. The van der Waals surface area contributed by atoms with Crippen LogP contribution in [0.15, 0.2) is 0 Å². The number of hydrogen-bond donors (Lipinski definition) is 1. The van der Waals surface area contributed by atoms with Crippen molar-refractivity contribution in [1.29, 1.82) is 0 Å². The van der Waals surface area contributed by atoms with E-state index in [1.54, 1.807) is 0 Å². The Kier molecular flexibility index (Phi) is 3.56. The molecule has 2 bridgehead atoms. The van der Waals surface area contributed by atoms with Crippen LogP contribution in [0.25, 0.3) is 0 Å². The summed E-state index contributed by atoms with van der Waals surface area (Å²) in [5.74, 6) is 0.949. The first-order valence-corrected chi connectivity index (χ1v) is 8.92. The lowest BCUT2D eigenvalue weighted by molar-refractivity contribution is -0.136. The minimum Gasteiger partial charge on any atom is -0.378 e. The molecule has 3 unspecified atom stereocenters. The van der Waals surface area contributed by atoms with Crippen LogP contribution < -0.4 is 5.32 Å². The van der Waals surface area contributed by atoms with Crippen molar-refractivity contribution < 1.29 is 4.74 Å². The average Bonchev–Trinajstić information content (AvgIpc) is 3.00. The van der Waals surface area contributed by atoms with Gasteiger partial charge in [0, 0.05) is 30.7 Å². The summed E-state index contributed by atoms with van der Waals surface area (Å²) in [6, 6.07) is 1.51. The fraction of sp³-hybridized carbons (Fsp3) is 1.00. The highest BCUT2D eigenvalue weighted by Gasteiger charge is 2.57. The average molecular weight is 278 g/mol. The van der Waals surface area contributed by atoms with Gasteiger partial charge < -0.3 is 15.0 Å². The molecule has 114 valence electrons. The highest BCUT2D eigenvalue weighted by atomic mass is 16.5. The third kappa shape index (κ3) is 2.05. The van der Waals surface area contributed by atoms with Crippen molar-refractivity contribution in [3.8, 4) is 0 Å². The fourth-order valence-electron chi connectivity index (χ4n) is 5.53. The van der Waals surface area contributed by atoms with Gasteiger partial charge in [-0.25, -0.2) is 0 Å². The maximum atomic E-state index is 6.05. The van der Waals surface area contributed by atoms with Crippen LogP contribution >= 0.6 is 0 Å². The second-order valence-electron chi connectivity index (χ2n) is 7.58. The van der Waals surface area contributed by atoms with E-state index in [9.17, 15) is 0 Å². The standard InChI is InChI=1S/C17H30N2O/c1-2-20-16-11-15(17(16)7-3-4-8-17)18-14-12-19-9-5-13(14)6-10-19/h13-16,18H,2-12H2,1H3. The Hall–Kier alpha value is -0.120. The van der Waals surface area contributed by atoms with Crippen molar-refractivity contribution in [2.75, 3.05) is 26.2 Å². The van der Waals surface area contributed by atoms with Crippen molar-refractivity contribution in [2.24, 2.45) is 11.3 Å². The summed E-state index contributed by atoms with van der Waals surface area (Å²) < 4.78 is 6.05. The molecule has 1 spiro atoms. The van der Waals surface area contributed by atoms with E-state index in [1.165, 1.54) is 64.6 Å². The summed E-state index contributed by atoms with van der Waals surface area (Å²) in [6.07, 6.45) is 10.3. The maximum absolute atomic E-state index is 6.05. The number of hydrogen-bond acceptors (Lipinski definition) is 3. The molecule has 3 heterocycles. The quantitative estimate of drug-likeness (QED) is 0.854. The lowest BCUT2D eigenvalue weighted by Crippen LogP contribution is -2.68. The molecule has 0 radical (unpaired) electrons. The molecule has 3 aliphatic heterocycles. The largest absolute Gasteiger partial charge is 0.378 e. The molecule has 3 atom stereocenters. The van der Waals surface area contributed by atoms with E-state index in [1.807, 2.05) is 0 Å². The van der Waals surface area contributed by atoms with Gasteiger partial charge in [0.15, 0.2) is 0 Å². The summed E-state index contributed by atoms with van der Waals surface area (Å²) in [6.45, 7) is 7.03. The minimum absolute atomic E-state index is 0.502. The van der Waals surface area contributed by atoms with Gasteiger partial charge in [0.1, 0.15) is 0 Å². The third-order valence-corrected chi connectivity index (χ3v) is 6.76. The van der Waals surface area contributed by atoms with Crippen molar-refractivity contribution in [2.45, 2.75) is 70.1 Å². The first-order chi connectivity index (χ1) is 9.82. The Morgan fingerprint density at radius 1 is 1.20 bits per heavy atom. The molecule has 3 heteroatoms. The molecule has 5 fully saturated rings. The Labute approximate surface area is 123 Å². The minimum atomic E-state index is 0.502. The number of piperidine rings is 3. The Bertz CT molecular complexity index is 345. The van der Waals surface area contributed by atoms with E-state index in [2.05, 4.69) is 17.1 Å². The van der Waals surface area contributed by atoms with Crippen LogP contribution in [0.3, 0.4) is 0 Å². The molecule has 3 saturated heterocycles. The molecule has 1 N–H and O–H groups in total. The van der Waals surface area contributed by atoms with Crippen LogP contribution in [0.2, 0.25) is 0 Å². The summed E-state index contributed by atoms with van der Waals surface area (Å²) in [7, 11) is 0. The van der Waals surface area contributed by atoms with E-state index in [0.717, 1.165) is 24.6 Å². The van der Waals surface area contributed by atoms with Gasteiger partial charge in [0.05, 0.1) is 6.10 Å². The maximum Gasteiger partial charge on any atom is 0.0661 e. The Balaban J connectivity index is 1.41. The number of rotatable bonds is 4. The lowest BCUT2D eigenvalue weighted by Gasteiger charge is -2.57. The highest BCUT2D eigenvalue weighted by molar-refractivity contribution is 5.11. The normalized spacial score (nSPS) is 45.8. The first kappa shape index (κ1) is 13.5. The zero-order valence-corrected chi connectivity index (χ0v) is 12.9. The Morgan fingerprint density at radius 2 is 1.95 bits per heavy atom. The predicted molar refractivity (Wildman–Crippen MR) is 80.8 cm³/mol. The van der Waals surface area contributed by atoms with Crippen LogP contribution in [0.5, 0.6) is 0 Å². The zero-order valence-electron chi connectivity index (χ0n) is 12.9. The van der Waals surface area contributed by atoms with E-state index < -0.39 is 0 Å². The molecule has 5 rings (SSSR count). The summed E-state index contributed by atoms with van der Waals surface area (Å²) >= 11 is 0. The van der Waals surface area contributed by atoms with Crippen LogP contribution in [-0.4, -0.2) is 49.3 Å². The molecule has 20 heavy (non-hydrogen) atoms. The molecule has 5 aliphatic rings. The monoisotopic (exact) mass is 278 g/mol. The molecular weight excluding hydrogens is 248 g/mol. The van der Waals surface area contributed by atoms with Crippen molar-refractivity contribution in [3.05, 3.63) is 0 Å². The summed E-state index contributed by atoms with van der Waals surface area (Å²) in [5, 5.41) is 4.09. The molecule has 3 nitrogen and oxygen atoms in total. The summed E-state index contributed by atoms with van der Waals surface area (Å²) in [4.78, 5) is 2.66. The van der Waals surface area contributed by atoms with Crippen LogP contribution in [0.1, 0.15) is 51.9 Å². The second-order valence-corrected chi connectivity index (χ2v) is 7.58. The zero-order chi connectivity index (χ0) is 13.6. The van der Waals surface area contributed by atoms with Gasteiger partial charge in [-0.1, -0.05) is 12.8 Å². The van der Waals surface area contributed by atoms with Gasteiger partial charge in [-0.05, 0) is 58.0 Å². The molecule has 0 aromatic rings. The second kappa shape index (κ2) is 5.26. The topological polar surface area (TPSA) is 24.5 Å². The molecule has 0 aromatic carbocycles. The Morgan fingerprint density at radius 3 is 2.55 bits per heavy atom. The molecule has 2 saturated carbocycles. The van der Waals surface area contributed by atoms with Crippen molar-refractivity contribution >= 4 is 0 Å². The smallest absolute Gasteiger partial charge is 0.0661 e. The highest BCUT2D eigenvalue weighted by Crippen LogP contribution is 2.55. The molecule has 0 amide bonds. The van der Waals surface area contributed by atoms with E-state index >= 15 is 0 Å². The first-order valence-electron chi connectivity index (χ1n) is 8.92. The molecular formula is C17H30N2O. The lowest BCUT2D eigenvalue weighted by atomic mass is 9.60. The number of nitrogens with zero attached hydrogens (tertiary/aromatic N) is 1. The SMILES string of the molecule is CCOC1CC(NC2CN3CCC2CC3)C12CCCC2. The van der Waals surface area contributed by atoms with Gasteiger partial charge in [0.25, 0.3) is 0 Å². The summed E-state index contributed by atoms with van der Waals surface area (Å²) in [5.41, 5.74) is 0.502. The van der Waals surface area contributed by atoms with Crippen LogP contribution in [0, 0.1) is 11.3 Å². The van der Waals surface area contributed by atoms with E-state index in [-0.39, 0.29) is 0 Å². The fourth-order valence-corrected chi connectivity index (χ4v) is 5.53. The predicted octanol–water partition coefficient (Wildman–Crippen LogP) is 2.41. The van der Waals surface area contributed by atoms with Crippen LogP contribution in [-0.2, 0) is 4.74 Å². The van der Waals surface area contributed by atoms with Crippen molar-refractivity contribution in [1.82, 2.24) is 10.2 Å². The van der Waals surface area contributed by atoms with Gasteiger partial charge in [0.2, 0.25) is 0 Å². The number of nitrogens with one attached hydrogen (secondary N) is 1. The van der Waals surface area contributed by atoms with Gasteiger partial charge >= 0.3 is 0 Å². The van der Waals surface area contributed by atoms with E-state index in [4.69, 9.17) is 4.74 Å². The van der Waals surface area contributed by atoms with Crippen LogP contribution in [0.4, 0.5) is 0 Å². The molecule has 0 aromatic heterocycles. The number of ether oxygens (including phenoxy) is 1. The molecule has 2 aliphatic carbocycles. The van der Waals surface area contributed by atoms with Gasteiger partial charge in [-0.2, -0.15) is 0 Å². The van der Waals surface area contributed by atoms with Gasteiger partial charge in [-0.3, -0.25) is 0 Å². The van der Waals surface area contributed by atoms with Crippen molar-refractivity contribution in [3.63, 3.8) is 0 Å². The van der Waals surface area contributed by atoms with Gasteiger partial charge in [-0.15, -0.1) is 0 Å².